The van der Waals surface area contributed by atoms with E-state index < -0.39 is 10.0 Å². The lowest BCUT2D eigenvalue weighted by atomic mass is 9.97. The molecule has 0 aliphatic carbocycles. The zero-order chi connectivity index (χ0) is 18.7. The zero-order valence-electron chi connectivity index (χ0n) is 14.8. The number of sulfonamides is 1. The van der Waals surface area contributed by atoms with Crippen LogP contribution < -0.4 is 4.72 Å². The lowest BCUT2D eigenvalue weighted by molar-refractivity contribution is 0.180. The second-order valence-corrected chi connectivity index (χ2v) is 9.52. The van der Waals surface area contributed by atoms with Gasteiger partial charge in [-0.3, -0.25) is 9.88 Å². The summed E-state index contributed by atoms with van der Waals surface area (Å²) in [6, 6.07) is 15.7. The molecule has 0 bridgehead atoms. The standard InChI is InChI=1S/C20H21N3O2S2/c24-27(25,20-8-4-12-26-20)22-14-19(17-7-3-10-21-13-17)23-11-9-16-5-1-2-6-18(16)15-23/h1-8,10,12-13,19,22H,9,11,14-15H2. The molecule has 0 spiro atoms. The third kappa shape index (κ3) is 4.11. The van der Waals surface area contributed by atoms with Crippen LogP contribution in [-0.2, 0) is 23.0 Å². The first-order valence-corrected chi connectivity index (χ1v) is 11.2. The number of aromatic nitrogens is 1. The van der Waals surface area contributed by atoms with Crippen LogP contribution in [0.2, 0.25) is 0 Å². The van der Waals surface area contributed by atoms with Gasteiger partial charge in [0.1, 0.15) is 4.21 Å². The number of pyridine rings is 1. The fourth-order valence-electron chi connectivity index (χ4n) is 3.49. The van der Waals surface area contributed by atoms with E-state index in [-0.39, 0.29) is 6.04 Å². The molecule has 1 unspecified atom stereocenters. The molecule has 4 rings (SSSR count). The van der Waals surface area contributed by atoms with E-state index in [0.29, 0.717) is 10.8 Å². The van der Waals surface area contributed by atoms with E-state index in [1.54, 1.807) is 23.7 Å². The van der Waals surface area contributed by atoms with Crippen LogP contribution >= 0.6 is 11.3 Å². The Balaban J connectivity index is 1.57. The van der Waals surface area contributed by atoms with Crippen molar-refractivity contribution in [2.24, 2.45) is 0 Å². The molecule has 0 saturated heterocycles. The van der Waals surface area contributed by atoms with Crippen molar-refractivity contribution in [1.29, 1.82) is 0 Å². The Kier molecular flexibility index (Phi) is 5.36. The first-order chi connectivity index (χ1) is 13.1. The second-order valence-electron chi connectivity index (χ2n) is 6.58. The van der Waals surface area contributed by atoms with Crippen molar-refractivity contribution in [2.75, 3.05) is 13.1 Å². The molecule has 7 heteroatoms. The molecule has 27 heavy (non-hydrogen) atoms. The number of benzene rings is 1. The van der Waals surface area contributed by atoms with Gasteiger partial charge in [0.05, 0.1) is 6.04 Å². The minimum Gasteiger partial charge on any atom is -0.290 e. The summed E-state index contributed by atoms with van der Waals surface area (Å²) in [6.07, 6.45) is 4.52. The molecule has 0 radical (unpaired) electrons. The van der Waals surface area contributed by atoms with Crippen LogP contribution in [0.1, 0.15) is 22.7 Å². The number of thiophene rings is 1. The predicted octanol–water partition coefficient (Wildman–Crippen LogP) is 3.22. The van der Waals surface area contributed by atoms with Gasteiger partial charge in [-0.25, -0.2) is 13.1 Å². The van der Waals surface area contributed by atoms with E-state index >= 15 is 0 Å². The summed E-state index contributed by atoms with van der Waals surface area (Å²) in [6.45, 7) is 2.00. The first-order valence-electron chi connectivity index (χ1n) is 8.87. The van der Waals surface area contributed by atoms with Gasteiger partial charge < -0.3 is 0 Å². The average molecular weight is 400 g/mol. The van der Waals surface area contributed by atoms with Crippen LogP contribution in [0, 0.1) is 0 Å². The number of fused-ring (bicyclic) bond motifs is 1. The maximum atomic E-state index is 12.6. The zero-order valence-corrected chi connectivity index (χ0v) is 16.4. The molecule has 5 nitrogen and oxygen atoms in total. The summed E-state index contributed by atoms with van der Waals surface area (Å²) in [5.41, 5.74) is 3.70. The summed E-state index contributed by atoms with van der Waals surface area (Å²) in [5.74, 6) is 0. The smallest absolute Gasteiger partial charge is 0.250 e. The van der Waals surface area contributed by atoms with Crippen molar-refractivity contribution in [3.63, 3.8) is 0 Å². The van der Waals surface area contributed by atoms with Crippen LogP contribution in [-0.4, -0.2) is 31.4 Å². The highest BCUT2D eigenvalue weighted by Crippen LogP contribution is 2.28. The lowest BCUT2D eigenvalue weighted by Gasteiger charge is -2.35. The summed E-state index contributed by atoms with van der Waals surface area (Å²) in [4.78, 5) is 6.57. The van der Waals surface area contributed by atoms with E-state index in [1.165, 1.54) is 22.5 Å². The second kappa shape index (κ2) is 7.90. The quantitative estimate of drug-likeness (QED) is 0.691. The largest absolute Gasteiger partial charge is 0.290 e. The number of nitrogens with one attached hydrogen (secondary N) is 1. The van der Waals surface area contributed by atoms with E-state index in [2.05, 4.69) is 38.9 Å². The van der Waals surface area contributed by atoms with Crippen molar-refractivity contribution in [3.05, 3.63) is 83.0 Å². The van der Waals surface area contributed by atoms with E-state index in [4.69, 9.17) is 0 Å². The molecule has 0 amide bonds. The molecular formula is C20H21N3O2S2. The fourth-order valence-corrected chi connectivity index (χ4v) is 5.57. The van der Waals surface area contributed by atoms with Crippen LogP contribution in [0.3, 0.4) is 0 Å². The van der Waals surface area contributed by atoms with Crippen LogP contribution in [0.15, 0.2) is 70.5 Å². The SMILES string of the molecule is O=S(=O)(NCC(c1cccnc1)N1CCc2ccccc2C1)c1cccs1. The predicted molar refractivity (Wildman–Crippen MR) is 107 cm³/mol. The highest BCUT2D eigenvalue weighted by molar-refractivity contribution is 7.91. The molecule has 1 aliphatic heterocycles. The van der Waals surface area contributed by atoms with Gasteiger partial charge in [0.25, 0.3) is 0 Å². The Hall–Kier alpha value is -2.06. The van der Waals surface area contributed by atoms with E-state index in [0.717, 1.165) is 25.1 Å². The number of hydrogen-bond donors (Lipinski definition) is 1. The highest BCUT2D eigenvalue weighted by atomic mass is 32.2. The van der Waals surface area contributed by atoms with Gasteiger partial charge in [-0.2, -0.15) is 0 Å². The first kappa shape index (κ1) is 18.3. The Morgan fingerprint density at radius 1 is 1.11 bits per heavy atom. The molecule has 2 aromatic heterocycles. The average Bonchev–Trinajstić information content (AvgIpc) is 3.25. The Bertz CT molecular complexity index is 989. The molecule has 1 aliphatic rings. The van der Waals surface area contributed by atoms with Gasteiger partial charge in [0.15, 0.2) is 0 Å². The van der Waals surface area contributed by atoms with Crippen molar-refractivity contribution >= 4 is 21.4 Å². The molecule has 3 aromatic rings. The number of rotatable bonds is 6. The van der Waals surface area contributed by atoms with Gasteiger partial charge in [-0.1, -0.05) is 36.4 Å². The third-order valence-electron chi connectivity index (χ3n) is 4.90. The van der Waals surface area contributed by atoms with Crippen molar-refractivity contribution in [2.45, 2.75) is 23.2 Å². The minimum atomic E-state index is -3.50. The molecule has 1 aromatic carbocycles. The summed E-state index contributed by atoms with van der Waals surface area (Å²) in [5, 5.41) is 1.77. The third-order valence-corrected chi connectivity index (χ3v) is 7.72. The van der Waals surface area contributed by atoms with Gasteiger partial charge in [0.2, 0.25) is 10.0 Å². The highest BCUT2D eigenvalue weighted by Gasteiger charge is 2.27. The molecule has 1 N–H and O–H groups in total. The van der Waals surface area contributed by atoms with Crippen LogP contribution in [0.4, 0.5) is 0 Å². The maximum Gasteiger partial charge on any atom is 0.250 e. The molecule has 140 valence electrons. The summed E-state index contributed by atoms with van der Waals surface area (Å²) < 4.78 is 28.3. The van der Waals surface area contributed by atoms with Gasteiger partial charge in [-0.15, -0.1) is 11.3 Å². The molecular weight excluding hydrogens is 378 g/mol. The Morgan fingerprint density at radius 2 is 1.96 bits per heavy atom. The normalized spacial score (nSPS) is 16.0. The van der Waals surface area contributed by atoms with E-state index in [1.807, 2.05) is 18.3 Å². The van der Waals surface area contributed by atoms with Crippen LogP contribution in [0.5, 0.6) is 0 Å². The van der Waals surface area contributed by atoms with Crippen molar-refractivity contribution in [3.8, 4) is 0 Å². The van der Waals surface area contributed by atoms with Crippen molar-refractivity contribution < 1.29 is 8.42 Å². The van der Waals surface area contributed by atoms with Gasteiger partial charge in [-0.05, 0) is 40.6 Å². The topological polar surface area (TPSA) is 62.3 Å². The Labute approximate surface area is 163 Å². The Morgan fingerprint density at radius 3 is 2.70 bits per heavy atom. The van der Waals surface area contributed by atoms with Crippen molar-refractivity contribution in [1.82, 2.24) is 14.6 Å². The summed E-state index contributed by atoms with van der Waals surface area (Å²) >= 11 is 1.23. The molecule has 0 fully saturated rings. The summed E-state index contributed by atoms with van der Waals surface area (Å²) in [7, 11) is -3.50. The maximum absolute atomic E-state index is 12.6. The van der Waals surface area contributed by atoms with Gasteiger partial charge in [0, 0.05) is 32.0 Å². The molecule has 3 heterocycles. The molecule has 1 atom stereocenters. The van der Waals surface area contributed by atoms with E-state index in [9.17, 15) is 8.42 Å². The minimum absolute atomic E-state index is 0.0678. The number of nitrogens with zero attached hydrogens (tertiary/aromatic N) is 2. The van der Waals surface area contributed by atoms with Gasteiger partial charge >= 0.3 is 0 Å². The number of hydrogen-bond acceptors (Lipinski definition) is 5. The fraction of sp³-hybridized carbons (Fsp3) is 0.250. The molecule has 0 saturated carbocycles. The van der Waals surface area contributed by atoms with Crippen LogP contribution in [0.25, 0.3) is 0 Å². The lowest BCUT2D eigenvalue weighted by Crippen LogP contribution is -2.40. The monoisotopic (exact) mass is 399 g/mol.